The second-order valence-electron chi connectivity index (χ2n) is 8.20. The van der Waals surface area contributed by atoms with E-state index in [0.717, 1.165) is 5.56 Å². The molecule has 0 fully saturated rings. The van der Waals surface area contributed by atoms with Crippen molar-refractivity contribution in [3.63, 3.8) is 0 Å². The molecule has 0 saturated carbocycles. The van der Waals surface area contributed by atoms with E-state index >= 15 is 0 Å². The smallest absolute Gasteiger partial charge is 0.343 e. The molecule has 0 radical (unpaired) electrons. The summed E-state index contributed by atoms with van der Waals surface area (Å²) in [6, 6.07) is 16.4. The monoisotopic (exact) mass is 473 g/mol. The Hall–Kier alpha value is -4.17. The Bertz CT molecular complexity index is 1280. The van der Waals surface area contributed by atoms with Crippen molar-refractivity contribution in [2.75, 3.05) is 19.6 Å². The zero-order valence-corrected chi connectivity index (χ0v) is 19.8. The van der Waals surface area contributed by atoms with Crippen molar-refractivity contribution in [2.24, 2.45) is 27.6 Å². The maximum absolute atomic E-state index is 13.3. The van der Waals surface area contributed by atoms with Gasteiger partial charge in [0.15, 0.2) is 0 Å². The van der Waals surface area contributed by atoms with Gasteiger partial charge in [-0.1, -0.05) is 54.6 Å². The first-order valence-electron chi connectivity index (χ1n) is 11.2. The van der Waals surface area contributed by atoms with Gasteiger partial charge in [0.25, 0.3) is 0 Å². The molecule has 2 aromatic carbocycles. The van der Waals surface area contributed by atoms with Gasteiger partial charge in [-0.3, -0.25) is 4.90 Å². The zero-order valence-electron chi connectivity index (χ0n) is 19.8. The van der Waals surface area contributed by atoms with E-state index in [1.54, 1.807) is 43.3 Å². The van der Waals surface area contributed by atoms with Gasteiger partial charge in [0.05, 0.1) is 10.9 Å². The van der Waals surface area contributed by atoms with Crippen LogP contribution in [0.1, 0.15) is 24.0 Å². The van der Waals surface area contributed by atoms with Gasteiger partial charge in [0.2, 0.25) is 5.96 Å². The summed E-state index contributed by atoms with van der Waals surface area (Å²) in [6.07, 6.45) is 3.59. The lowest BCUT2D eigenvalue weighted by molar-refractivity contribution is 0.293. The normalized spacial score (nSPS) is 13.4. The van der Waals surface area contributed by atoms with Gasteiger partial charge in [-0.2, -0.15) is 5.10 Å². The highest BCUT2D eigenvalue weighted by Crippen LogP contribution is 2.39. The SMILES string of the molecule is C=CCN(CC=C)CC(/C(C)=N/N=C(N)N)C(c1ccccc1)c1c(O)c2ccccc2oc1=O. The summed E-state index contributed by atoms with van der Waals surface area (Å²) in [5, 5.41) is 19.9. The number of rotatable bonds is 11. The highest BCUT2D eigenvalue weighted by atomic mass is 16.4. The van der Waals surface area contributed by atoms with E-state index in [0.29, 0.717) is 36.3 Å². The average molecular weight is 474 g/mol. The molecule has 0 spiro atoms. The van der Waals surface area contributed by atoms with Crippen molar-refractivity contribution in [1.82, 2.24) is 4.90 Å². The molecule has 2 unspecified atom stereocenters. The van der Waals surface area contributed by atoms with Crippen molar-refractivity contribution in [1.29, 1.82) is 0 Å². The standard InChI is InChI=1S/C27H31N5O3/c1-4-15-32(16-5-2)17-21(18(3)30-31-27(28)29)23(19-11-7-6-8-12-19)24-25(33)20-13-9-10-14-22(20)35-26(24)34/h4-14,21,23,33H,1-2,15-17H2,3H3,(H4,28,29,31)/b30-18+. The number of hydrogen-bond acceptors (Lipinski definition) is 6. The first-order chi connectivity index (χ1) is 16.9. The van der Waals surface area contributed by atoms with Crippen LogP contribution < -0.4 is 17.1 Å². The molecule has 3 rings (SSSR count). The van der Waals surface area contributed by atoms with Gasteiger partial charge >= 0.3 is 5.63 Å². The minimum atomic E-state index is -0.617. The second kappa shape index (κ2) is 11.8. The molecule has 8 heteroatoms. The van der Waals surface area contributed by atoms with Gasteiger partial charge in [-0.15, -0.1) is 18.3 Å². The molecule has 0 aliphatic rings. The molecule has 8 nitrogen and oxygen atoms in total. The Kier molecular flexibility index (Phi) is 8.58. The highest BCUT2D eigenvalue weighted by Gasteiger charge is 2.34. The first kappa shape index (κ1) is 25.5. The Morgan fingerprint density at radius 3 is 2.31 bits per heavy atom. The Balaban J connectivity index is 2.30. The van der Waals surface area contributed by atoms with Crippen LogP contribution in [-0.4, -0.2) is 41.3 Å². The summed E-state index contributed by atoms with van der Waals surface area (Å²) in [6.45, 7) is 11.1. The van der Waals surface area contributed by atoms with Gasteiger partial charge in [0, 0.05) is 37.2 Å². The maximum Gasteiger partial charge on any atom is 0.343 e. The largest absolute Gasteiger partial charge is 0.507 e. The molecule has 0 amide bonds. The minimum Gasteiger partial charge on any atom is -0.507 e. The van der Waals surface area contributed by atoms with E-state index in [-0.39, 0.29) is 17.3 Å². The lowest BCUT2D eigenvalue weighted by Gasteiger charge is -2.32. The van der Waals surface area contributed by atoms with Crippen molar-refractivity contribution in [3.05, 3.63) is 101 Å². The predicted molar refractivity (Wildman–Crippen MR) is 142 cm³/mol. The van der Waals surface area contributed by atoms with E-state index in [2.05, 4.69) is 28.3 Å². The predicted octanol–water partition coefficient (Wildman–Crippen LogP) is 3.57. The third-order valence-electron chi connectivity index (χ3n) is 5.78. The minimum absolute atomic E-state index is 0.121. The van der Waals surface area contributed by atoms with E-state index in [9.17, 15) is 9.90 Å². The summed E-state index contributed by atoms with van der Waals surface area (Å²) in [5.74, 6) is -1.31. The number of nitrogens with zero attached hydrogens (tertiary/aromatic N) is 3. The number of para-hydroxylation sites is 1. The van der Waals surface area contributed by atoms with Gasteiger partial charge in [-0.25, -0.2) is 4.79 Å². The van der Waals surface area contributed by atoms with Gasteiger partial charge in [0.1, 0.15) is 11.3 Å². The van der Waals surface area contributed by atoms with E-state index in [1.807, 2.05) is 30.3 Å². The van der Waals surface area contributed by atoms with Crippen molar-refractivity contribution >= 4 is 22.6 Å². The average Bonchev–Trinajstić information content (AvgIpc) is 2.84. The van der Waals surface area contributed by atoms with Crippen molar-refractivity contribution in [2.45, 2.75) is 12.8 Å². The molecule has 35 heavy (non-hydrogen) atoms. The summed E-state index contributed by atoms with van der Waals surface area (Å²) in [4.78, 5) is 15.4. The second-order valence-corrected chi connectivity index (χ2v) is 8.20. The number of nitrogens with two attached hydrogens (primary N) is 2. The molecule has 2 atom stereocenters. The topological polar surface area (TPSA) is 130 Å². The molecule has 5 N–H and O–H groups in total. The van der Waals surface area contributed by atoms with Crippen LogP contribution in [0, 0.1) is 5.92 Å². The van der Waals surface area contributed by atoms with E-state index in [1.165, 1.54) is 0 Å². The van der Waals surface area contributed by atoms with Crippen LogP contribution in [0.25, 0.3) is 11.0 Å². The summed E-state index contributed by atoms with van der Waals surface area (Å²) < 4.78 is 5.64. The van der Waals surface area contributed by atoms with Crippen LogP contribution in [0.5, 0.6) is 5.75 Å². The van der Waals surface area contributed by atoms with Crippen LogP contribution >= 0.6 is 0 Å². The van der Waals surface area contributed by atoms with Crippen LogP contribution in [0.3, 0.4) is 0 Å². The lowest BCUT2D eigenvalue weighted by Crippen LogP contribution is -2.37. The zero-order chi connectivity index (χ0) is 25.4. The van der Waals surface area contributed by atoms with E-state index < -0.39 is 17.5 Å². The number of guanidine groups is 1. The summed E-state index contributed by atoms with van der Waals surface area (Å²) in [7, 11) is 0. The maximum atomic E-state index is 13.3. The molecule has 1 aromatic heterocycles. The number of hydrogen-bond donors (Lipinski definition) is 3. The summed E-state index contributed by atoms with van der Waals surface area (Å²) in [5.41, 5.74) is 12.3. The van der Waals surface area contributed by atoms with Crippen molar-refractivity contribution in [3.8, 4) is 5.75 Å². The van der Waals surface area contributed by atoms with Crippen molar-refractivity contribution < 1.29 is 9.52 Å². The Morgan fingerprint density at radius 2 is 1.69 bits per heavy atom. The van der Waals surface area contributed by atoms with Crippen LogP contribution in [0.4, 0.5) is 0 Å². The molecular weight excluding hydrogens is 442 g/mol. The quantitative estimate of drug-likeness (QED) is 0.128. The Labute approximate surface area is 204 Å². The number of fused-ring (bicyclic) bond motifs is 1. The number of aromatic hydroxyl groups is 1. The molecule has 0 bridgehead atoms. The molecule has 3 aromatic rings. The molecule has 182 valence electrons. The van der Waals surface area contributed by atoms with Crippen LogP contribution in [0.15, 0.2) is 99.3 Å². The fraction of sp³-hybridized carbons (Fsp3) is 0.222. The Morgan fingerprint density at radius 1 is 1.06 bits per heavy atom. The number of benzene rings is 2. The first-order valence-corrected chi connectivity index (χ1v) is 11.2. The highest BCUT2D eigenvalue weighted by molar-refractivity contribution is 5.89. The van der Waals surface area contributed by atoms with E-state index in [4.69, 9.17) is 15.9 Å². The third-order valence-corrected chi connectivity index (χ3v) is 5.78. The van der Waals surface area contributed by atoms with Gasteiger partial charge < -0.3 is 21.0 Å². The molecule has 0 aliphatic heterocycles. The molecule has 0 aliphatic carbocycles. The fourth-order valence-electron chi connectivity index (χ4n) is 4.24. The fourth-order valence-corrected chi connectivity index (χ4v) is 4.24. The van der Waals surface area contributed by atoms with Crippen LogP contribution in [0.2, 0.25) is 0 Å². The molecule has 1 heterocycles. The lowest BCUT2D eigenvalue weighted by atomic mass is 9.78. The molecule has 0 saturated heterocycles. The van der Waals surface area contributed by atoms with Crippen LogP contribution in [-0.2, 0) is 0 Å². The van der Waals surface area contributed by atoms with Gasteiger partial charge in [-0.05, 0) is 24.6 Å². The third kappa shape index (κ3) is 6.04. The summed E-state index contributed by atoms with van der Waals surface area (Å²) >= 11 is 0. The molecular formula is C27H31N5O3.